The molecule has 1 saturated heterocycles. The number of likely N-dealkylation sites (tertiary alicyclic amines) is 1. The lowest BCUT2D eigenvalue weighted by Crippen LogP contribution is -2.51. The Kier molecular flexibility index (Phi) is 3.98. The zero-order chi connectivity index (χ0) is 17.4. The fourth-order valence-corrected chi connectivity index (χ4v) is 4.77. The second-order valence-corrected chi connectivity index (χ2v) is 7.48. The van der Waals surface area contributed by atoms with Crippen LogP contribution in [-0.2, 0) is 6.54 Å². The van der Waals surface area contributed by atoms with Gasteiger partial charge in [0, 0.05) is 19.6 Å². The van der Waals surface area contributed by atoms with Crippen LogP contribution in [0.15, 0.2) is 35.4 Å². The first-order chi connectivity index (χ1) is 12.1. The molecule has 6 heteroatoms. The fraction of sp³-hybridized carbons (Fsp3) is 0.526. The van der Waals surface area contributed by atoms with Gasteiger partial charge in [-0.25, -0.2) is 9.78 Å². The summed E-state index contributed by atoms with van der Waals surface area (Å²) in [5.74, 6) is 0.325. The second-order valence-electron chi connectivity index (χ2n) is 7.48. The average molecular weight is 341 g/mol. The van der Waals surface area contributed by atoms with E-state index in [1.54, 1.807) is 15.8 Å². The zero-order valence-corrected chi connectivity index (χ0v) is 14.2. The Hall–Kier alpha value is -2.37. The fourth-order valence-electron chi connectivity index (χ4n) is 4.77. The number of benzene rings is 1. The minimum absolute atomic E-state index is 0.000545. The van der Waals surface area contributed by atoms with E-state index in [9.17, 15) is 14.7 Å². The van der Waals surface area contributed by atoms with E-state index in [-0.39, 0.29) is 11.0 Å². The van der Waals surface area contributed by atoms with Crippen molar-refractivity contribution >= 4 is 17.0 Å². The molecule has 1 aromatic carbocycles. The summed E-state index contributed by atoms with van der Waals surface area (Å²) in [6.07, 6.45) is 6.04. The van der Waals surface area contributed by atoms with E-state index in [1.807, 2.05) is 24.3 Å². The van der Waals surface area contributed by atoms with Crippen LogP contribution in [0.25, 0.3) is 10.9 Å². The summed E-state index contributed by atoms with van der Waals surface area (Å²) < 4.78 is 1.73. The van der Waals surface area contributed by atoms with Gasteiger partial charge in [-0.2, -0.15) is 0 Å². The highest BCUT2D eigenvalue weighted by Gasteiger charge is 2.46. The van der Waals surface area contributed by atoms with Crippen LogP contribution in [0.5, 0.6) is 0 Å². The van der Waals surface area contributed by atoms with Crippen LogP contribution in [0.2, 0.25) is 0 Å². The zero-order valence-electron chi connectivity index (χ0n) is 14.2. The molecule has 1 N–H and O–H groups in total. The highest BCUT2D eigenvalue weighted by molar-refractivity contribution is 5.76. The van der Waals surface area contributed by atoms with Crippen LogP contribution in [0.4, 0.5) is 4.79 Å². The van der Waals surface area contributed by atoms with Gasteiger partial charge < -0.3 is 10.0 Å². The quantitative estimate of drug-likeness (QED) is 0.911. The third kappa shape index (κ3) is 2.79. The van der Waals surface area contributed by atoms with Gasteiger partial charge in [-0.3, -0.25) is 9.36 Å². The van der Waals surface area contributed by atoms with Crippen LogP contribution in [-0.4, -0.2) is 38.7 Å². The molecule has 1 aliphatic carbocycles. The number of rotatable bonds is 2. The smallest absolute Gasteiger partial charge is 0.407 e. The molecule has 0 radical (unpaired) electrons. The SMILES string of the molecule is O=C(O)N1CCC(Cn2cnc3ccccc3c2=O)C2(CCCC2)C1. The first-order valence-electron chi connectivity index (χ1n) is 9.01. The van der Waals surface area contributed by atoms with Crippen molar-refractivity contribution in [2.24, 2.45) is 11.3 Å². The summed E-state index contributed by atoms with van der Waals surface area (Å²) in [5, 5.41) is 10.0. The van der Waals surface area contributed by atoms with Crippen molar-refractivity contribution in [1.82, 2.24) is 14.5 Å². The summed E-state index contributed by atoms with van der Waals surface area (Å²) in [7, 11) is 0. The Labute approximate surface area is 146 Å². The van der Waals surface area contributed by atoms with Crippen LogP contribution < -0.4 is 5.56 Å². The number of hydrogen-bond acceptors (Lipinski definition) is 3. The summed E-state index contributed by atoms with van der Waals surface area (Å²) in [5.41, 5.74) is 0.737. The highest BCUT2D eigenvalue weighted by atomic mass is 16.4. The molecule has 2 aromatic rings. The minimum Gasteiger partial charge on any atom is -0.465 e. The van der Waals surface area contributed by atoms with Gasteiger partial charge >= 0.3 is 6.09 Å². The maximum atomic E-state index is 12.8. The highest BCUT2D eigenvalue weighted by Crippen LogP contribution is 2.49. The molecule has 1 saturated carbocycles. The Bertz CT molecular complexity index is 854. The molecule has 2 aliphatic rings. The predicted molar refractivity (Wildman–Crippen MR) is 94.6 cm³/mol. The molecule has 1 atom stereocenters. The second kappa shape index (κ2) is 6.17. The van der Waals surface area contributed by atoms with E-state index in [1.165, 1.54) is 0 Å². The Morgan fingerprint density at radius 1 is 1.28 bits per heavy atom. The van der Waals surface area contributed by atoms with Gasteiger partial charge in [-0.05, 0) is 42.7 Å². The molecule has 1 spiro atoms. The van der Waals surface area contributed by atoms with Crippen molar-refractivity contribution in [3.05, 3.63) is 40.9 Å². The molecular weight excluding hydrogens is 318 g/mol. The molecule has 4 rings (SSSR count). The van der Waals surface area contributed by atoms with E-state index in [0.29, 0.717) is 30.9 Å². The van der Waals surface area contributed by atoms with Gasteiger partial charge in [-0.1, -0.05) is 25.0 Å². The van der Waals surface area contributed by atoms with Crippen LogP contribution in [0.3, 0.4) is 0 Å². The monoisotopic (exact) mass is 341 g/mol. The number of amides is 1. The van der Waals surface area contributed by atoms with Crippen molar-refractivity contribution in [2.75, 3.05) is 13.1 Å². The van der Waals surface area contributed by atoms with Gasteiger partial charge in [0.2, 0.25) is 0 Å². The molecule has 1 amide bonds. The first-order valence-corrected chi connectivity index (χ1v) is 9.01. The molecule has 1 aliphatic heterocycles. The van der Waals surface area contributed by atoms with Crippen LogP contribution in [0.1, 0.15) is 32.1 Å². The van der Waals surface area contributed by atoms with Gasteiger partial charge in [-0.15, -0.1) is 0 Å². The molecule has 2 fully saturated rings. The minimum atomic E-state index is -0.825. The standard InChI is InChI=1S/C19H23N3O3/c23-17-15-5-1-2-6-16(15)20-13-22(17)11-14-7-10-21(18(24)25)12-19(14)8-3-4-9-19/h1-2,5-6,13-14H,3-4,7-12H2,(H,24,25). The Balaban J connectivity index is 1.64. The lowest BCUT2D eigenvalue weighted by molar-refractivity contribution is 0.0252. The van der Waals surface area contributed by atoms with Crippen molar-refractivity contribution in [1.29, 1.82) is 0 Å². The number of fused-ring (bicyclic) bond motifs is 1. The average Bonchev–Trinajstić information content (AvgIpc) is 3.08. The van der Waals surface area contributed by atoms with Crippen molar-refractivity contribution in [2.45, 2.75) is 38.6 Å². The largest absolute Gasteiger partial charge is 0.465 e. The van der Waals surface area contributed by atoms with Gasteiger partial charge in [0.1, 0.15) is 0 Å². The van der Waals surface area contributed by atoms with Crippen molar-refractivity contribution in [3.63, 3.8) is 0 Å². The summed E-state index contributed by atoms with van der Waals surface area (Å²) in [4.78, 5) is 30.2. The Morgan fingerprint density at radius 2 is 2.04 bits per heavy atom. The van der Waals surface area contributed by atoms with E-state index < -0.39 is 6.09 Å². The number of hydrogen-bond donors (Lipinski definition) is 1. The molecule has 132 valence electrons. The third-order valence-corrected chi connectivity index (χ3v) is 6.14. The summed E-state index contributed by atoms with van der Waals surface area (Å²) in [6.45, 7) is 1.78. The molecule has 6 nitrogen and oxygen atoms in total. The van der Waals surface area contributed by atoms with Gasteiger partial charge in [0.15, 0.2) is 0 Å². The molecule has 25 heavy (non-hydrogen) atoms. The number of aromatic nitrogens is 2. The lowest BCUT2D eigenvalue weighted by Gasteiger charge is -2.45. The normalized spacial score (nSPS) is 22.6. The molecule has 1 aromatic heterocycles. The predicted octanol–water partition coefficient (Wildman–Crippen LogP) is 2.96. The lowest BCUT2D eigenvalue weighted by atomic mass is 9.69. The van der Waals surface area contributed by atoms with Gasteiger partial charge in [0.25, 0.3) is 5.56 Å². The maximum absolute atomic E-state index is 12.8. The van der Waals surface area contributed by atoms with Gasteiger partial charge in [0.05, 0.1) is 17.2 Å². The molecular formula is C19H23N3O3. The number of piperidine rings is 1. The van der Waals surface area contributed by atoms with Crippen molar-refractivity contribution < 1.29 is 9.90 Å². The van der Waals surface area contributed by atoms with E-state index in [4.69, 9.17) is 0 Å². The van der Waals surface area contributed by atoms with E-state index in [0.717, 1.165) is 37.6 Å². The molecule has 2 heterocycles. The summed E-state index contributed by atoms with van der Waals surface area (Å²) in [6, 6.07) is 7.41. The van der Waals surface area contributed by atoms with E-state index in [2.05, 4.69) is 4.98 Å². The third-order valence-electron chi connectivity index (χ3n) is 6.14. The Morgan fingerprint density at radius 3 is 2.80 bits per heavy atom. The summed E-state index contributed by atoms with van der Waals surface area (Å²) >= 11 is 0. The maximum Gasteiger partial charge on any atom is 0.407 e. The number of para-hydroxylation sites is 1. The van der Waals surface area contributed by atoms with Crippen LogP contribution >= 0.6 is 0 Å². The first kappa shape index (κ1) is 16.1. The van der Waals surface area contributed by atoms with E-state index >= 15 is 0 Å². The number of nitrogens with zero attached hydrogens (tertiary/aromatic N) is 3. The molecule has 0 bridgehead atoms. The van der Waals surface area contributed by atoms with Crippen molar-refractivity contribution in [3.8, 4) is 0 Å². The van der Waals surface area contributed by atoms with Crippen LogP contribution in [0, 0.1) is 11.3 Å². The molecule has 1 unspecified atom stereocenters. The number of carboxylic acid groups (broad SMARTS) is 1. The number of carbonyl (C=O) groups is 1. The topological polar surface area (TPSA) is 75.4 Å².